The predicted molar refractivity (Wildman–Crippen MR) is 123 cm³/mol. The van der Waals surface area contributed by atoms with E-state index in [1.54, 1.807) is 0 Å². The Kier molecular flexibility index (Phi) is 4.71. The summed E-state index contributed by atoms with van der Waals surface area (Å²) in [7, 11) is 2.18. The molecule has 2 amide bonds. The highest BCUT2D eigenvalue weighted by molar-refractivity contribution is 7.15. The van der Waals surface area contributed by atoms with Crippen LogP contribution in [-0.2, 0) is 19.5 Å². The average molecular weight is 421 g/mol. The molecule has 1 N–H and O–H groups in total. The zero-order valence-corrected chi connectivity index (χ0v) is 18.8. The Morgan fingerprint density at radius 1 is 1.17 bits per heavy atom. The van der Waals surface area contributed by atoms with E-state index in [2.05, 4.69) is 66.1 Å². The Hall–Kier alpha value is -2.57. The Labute approximate surface area is 181 Å². The fourth-order valence-corrected chi connectivity index (χ4v) is 6.07. The second-order valence-corrected chi connectivity index (χ2v) is 9.71. The number of benzene rings is 1. The van der Waals surface area contributed by atoms with Crippen molar-refractivity contribution in [1.29, 1.82) is 0 Å². The number of nitrogens with zero attached hydrogens (tertiary/aromatic N) is 3. The van der Waals surface area contributed by atoms with E-state index in [1.165, 1.54) is 21.0 Å². The van der Waals surface area contributed by atoms with Crippen molar-refractivity contribution >= 4 is 23.1 Å². The Morgan fingerprint density at radius 2 is 2.00 bits per heavy atom. The third-order valence-corrected chi connectivity index (χ3v) is 7.71. The first-order valence-corrected chi connectivity index (χ1v) is 11.4. The topological polar surface area (TPSA) is 40.5 Å². The van der Waals surface area contributed by atoms with E-state index in [0.717, 1.165) is 42.0 Å². The van der Waals surface area contributed by atoms with Crippen molar-refractivity contribution in [3.63, 3.8) is 0 Å². The molecule has 5 rings (SSSR count). The van der Waals surface area contributed by atoms with Gasteiger partial charge >= 0.3 is 6.03 Å². The van der Waals surface area contributed by atoms with Gasteiger partial charge in [0.1, 0.15) is 5.00 Å². The lowest BCUT2D eigenvalue weighted by atomic mass is 10.0. The number of aromatic nitrogens is 1. The van der Waals surface area contributed by atoms with Gasteiger partial charge in [-0.2, -0.15) is 0 Å². The highest BCUT2D eigenvalue weighted by atomic mass is 32.1. The van der Waals surface area contributed by atoms with Crippen LogP contribution < -0.4 is 5.32 Å². The summed E-state index contributed by atoms with van der Waals surface area (Å²) in [6.07, 6.45) is 3.19. The van der Waals surface area contributed by atoms with Crippen LogP contribution in [-0.4, -0.2) is 34.0 Å². The monoisotopic (exact) mass is 420 g/mol. The van der Waals surface area contributed by atoms with Gasteiger partial charge in [-0.1, -0.05) is 12.1 Å². The van der Waals surface area contributed by atoms with Crippen LogP contribution in [0, 0.1) is 13.8 Å². The van der Waals surface area contributed by atoms with Crippen LogP contribution in [0.3, 0.4) is 0 Å². The molecule has 0 radical (unpaired) electrons. The fourth-order valence-electron chi connectivity index (χ4n) is 4.63. The van der Waals surface area contributed by atoms with Gasteiger partial charge in [0.2, 0.25) is 0 Å². The standard InChI is InChI=1S/C24H28N4OS/c1-15-7-8-16(2)20(12-15)25-24(29)28-13-19-18-9-11-26(4)14-22(18)30-23(19)27-10-5-6-21(27)17(28)3/h5-8,10,12,17H,9,11,13-14H2,1-4H3,(H,25,29)/t17-/m1/s1. The zero-order chi connectivity index (χ0) is 21.0. The van der Waals surface area contributed by atoms with Crippen molar-refractivity contribution in [3.8, 4) is 5.00 Å². The number of carbonyl (C=O) groups is 1. The summed E-state index contributed by atoms with van der Waals surface area (Å²) in [4.78, 5) is 19.3. The normalized spacial score (nSPS) is 18.4. The number of fused-ring (bicyclic) bond motifs is 5. The third-order valence-electron chi connectivity index (χ3n) is 6.45. The van der Waals surface area contributed by atoms with Crippen molar-refractivity contribution in [3.05, 3.63) is 69.4 Å². The summed E-state index contributed by atoms with van der Waals surface area (Å²) in [5.41, 5.74) is 7.05. The average Bonchev–Trinajstić information content (AvgIpc) is 3.30. The largest absolute Gasteiger partial charge is 0.322 e. The first kappa shape index (κ1) is 19.4. The fraction of sp³-hybridized carbons (Fsp3) is 0.375. The number of urea groups is 1. The van der Waals surface area contributed by atoms with E-state index in [1.807, 2.05) is 29.2 Å². The van der Waals surface area contributed by atoms with Gasteiger partial charge in [0, 0.05) is 41.1 Å². The summed E-state index contributed by atoms with van der Waals surface area (Å²) in [6.45, 7) is 8.93. The molecule has 2 aliphatic rings. The van der Waals surface area contributed by atoms with Gasteiger partial charge in [-0.25, -0.2) is 4.79 Å². The highest BCUT2D eigenvalue weighted by Crippen LogP contribution is 2.41. The molecule has 6 heteroatoms. The molecule has 1 aromatic carbocycles. The van der Waals surface area contributed by atoms with Crippen LogP contribution in [0.25, 0.3) is 5.00 Å². The van der Waals surface area contributed by atoms with Crippen molar-refractivity contribution in [2.45, 2.75) is 46.3 Å². The Morgan fingerprint density at radius 3 is 2.83 bits per heavy atom. The van der Waals surface area contributed by atoms with Crippen LogP contribution in [0.1, 0.15) is 45.8 Å². The molecule has 0 saturated heterocycles. The molecular formula is C24H28N4OS. The molecule has 156 valence electrons. The number of hydrogen-bond donors (Lipinski definition) is 1. The van der Waals surface area contributed by atoms with Gasteiger partial charge in [0.05, 0.1) is 12.6 Å². The summed E-state index contributed by atoms with van der Waals surface area (Å²) in [6, 6.07) is 10.4. The van der Waals surface area contributed by atoms with Gasteiger partial charge in [-0.05, 0) is 69.1 Å². The smallest absolute Gasteiger partial charge is 0.312 e. The molecule has 0 unspecified atom stereocenters. The SMILES string of the molecule is Cc1ccc(C)c(NC(=O)N2Cc3c(sc4c3CCN(C)C4)-n3cccc3[C@H]2C)c1. The van der Waals surface area contributed by atoms with Crippen LogP contribution >= 0.6 is 11.3 Å². The highest BCUT2D eigenvalue weighted by Gasteiger charge is 2.33. The minimum atomic E-state index is -0.0373. The van der Waals surface area contributed by atoms with Crippen LogP contribution in [0.4, 0.5) is 10.5 Å². The number of nitrogens with one attached hydrogen (secondary N) is 1. The van der Waals surface area contributed by atoms with Crippen molar-refractivity contribution in [2.75, 3.05) is 18.9 Å². The van der Waals surface area contributed by atoms with Gasteiger partial charge in [0.25, 0.3) is 0 Å². The van der Waals surface area contributed by atoms with Crippen molar-refractivity contribution < 1.29 is 4.79 Å². The van der Waals surface area contributed by atoms with Gasteiger partial charge < -0.3 is 19.7 Å². The van der Waals surface area contributed by atoms with Gasteiger partial charge in [0.15, 0.2) is 0 Å². The summed E-state index contributed by atoms with van der Waals surface area (Å²) in [5, 5.41) is 4.47. The molecule has 3 aromatic rings. The number of rotatable bonds is 1. The quantitative estimate of drug-likeness (QED) is 0.584. The lowest BCUT2D eigenvalue weighted by molar-refractivity contribution is 0.189. The molecule has 1 atom stereocenters. The minimum absolute atomic E-state index is 0.00775. The van der Waals surface area contributed by atoms with E-state index < -0.39 is 0 Å². The van der Waals surface area contributed by atoms with E-state index in [0.29, 0.717) is 6.54 Å². The van der Waals surface area contributed by atoms with Crippen LogP contribution in [0.2, 0.25) is 0 Å². The number of hydrogen-bond acceptors (Lipinski definition) is 3. The molecule has 0 saturated carbocycles. The van der Waals surface area contributed by atoms with E-state index in [-0.39, 0.29) is 12.1 Å². The maximum absolute atomic E-state index is 13.5. The molecule has 0 bridgehead atoms. The molecule has 2 aromatic heterocycles. The molecular weight excluding hydrogens is 392 g/mol. The molecule has 0 fully saturated rings. The summed E-state index contributed by atoms with van der Waals surface area (Å²) < 4.78 is 2.30. The molecule has 0 aliphatic carbocycles. The summed E-state index contributed by atoms with van der Waals surface area (Å²) in [5.74, 6) is 0. The second-order valence-electron chi connectivity index (χ2n) is 8.63. The maximum Gasteiger partial charge on any atom is 0.322 e. The molecule has 0 spiro atoms. The lowest BCUT2D eigenvalue weighted by Gasteiger charge is -2.29. The molecule has 4 heterocycles. The van der Waals surface area contributed by atoms with Crippen LogP contribution in [0.15, 0.2) is 36.5 Å². The molecule has 30 heavy (non-hydrogen) atoms. The Bertz CT molecular complexity index is 1130. The summed E-state index contributed by atoms with van der Waals surface area (Å²) >= 11 is 1.89. The predicted octanol–water partition coefficient (Wildman–Crippen LogP) is 5.25. The Balaban J connectivity index is 1.55. The second kappa shape index (κ2) is 7.29. The number of carbonyl (C=O) groups excluding carboxylic acids is 1. The van der Waals surface area contributed by atoms with Crippen molar-refractivity contribution in [2.24, 2.45) is 0 Å². The van der Waals surface area contributed by atoms with Gasteiger partial charge in [-0.3, -0.25) is 0 Å². The molecule has 5 nitrogen and oxygen atoms in total. The minimum Gasteiger partial charge on any atom is -0.312 e. The zero-order valence-electron chi connectivity index (χ0n) is 18.0. The van der Waals surface area contributed by atoms with Crippen molar-refractivity contribution in [1.82, 2.24) is 14.4 Å². The first-order chi connectivity index (χ1) is 14.4. The van der Waals surface area contributed by atoms with E-state index >= 15 is 0 Å². The number of amides is 2. The first-order valence-electron chi connectivity index (χ1n) is 10.6. The lowest BCUT2D eigenvalue weighted by Crippen LogP contribution is -2.36. The number of likely N-dealkylation sites (N-methyl/N-ethyl adjacent to an activating group) is 1. The third kappa shape index (κ3) is 3.15. The van der Waals surface area contributed by atoms with E-state index in [4.69, 9.17) is 0 Å². The number of anilines is 1. The maximum atomic E-state index is 13.5. The van der Waals surface area contributed by atoms with Gasteiger partial charge in [-0.15, -0.1) is 11.3 Å². The van der Waals surface area contributed by atoms with E-state index in [9.17, 15) is 4.79 Å². The number of aryl methyl sites for hydroxylation is 2. The van der Waals surface area contributed by atoms with Crippen LogP contribution in [0.5, 0.6) is 0 Å². The molecule has 2 aliphatic heterocycles. The number of thiophene rings is 1.